The van der Waals surface area contributed by atoms with Crippen molar-refractivity contribution in [1.29, 1.82) is 0 Å². The molecule has 1 fully saturated rings. The molecule has 1 rings (SSSR count). The number of carbonyl (C=O) groups excluding carboxylic acids is 1. The van der Waals surface area contributed by atoms with Gasteiger partial charge < -0.3 is 10.2 Å². The number of rotatable bonds is 1. The van der Waals surface area contributed by atoms with Crippen LogP contribution in [0.15, 0.2) is 0 Å². The van der Waals surface area contributed by atoms with Gasteiger partial charge in [-0.15, -0.1) is 0 Å². The maximum Gasteiger partial charge on any atom is 0.317 e. The molecule has 1 aliphatic heterocycles. The zero-order valence-corrected chi connectivity index (χ0v) is 7.48. The molecule has 0 aliphatic carbocycles. The maximum atomic E-state index is 11.1. The molecule has 0 atom stereocenters. The van der Waals surface area contributed by atoms with Crippen LogP contribution < -0.4 is 5.32 Å². The molecule has 2 amide bonds. The fraction of sp³-hybridized carbons (Fsp3) is 0.875. The zero-order valence-electron chi connectivity index (χ0n) is 7.48. The summed E-state index contributed by atoms with van der Waals surface area (Å²) < 4.78 is 0. The Morgan fingerprint density at radius 1 is 1.55 bits per heavy atom. The minimum absolute atomic E-state index is 0.0758. The van der Waals surface area contributed by atoms with Crippen molar-refractivity contribution in [2.24, 2.45) is 5.41 Å². The summed E-state index contributed by atoms with van der Waals surface area (Å²) in [6.45, 7) is 8.77. The average molecular weight is 156 g/mol. The Labute approximate surface area is 67.8 Å². The molecule has 0 unspecified atom stereocenters. The number of carbonyl (C=O) groups is 1. The van der Waals surface area contributed by atoms with E-state index in [2.05, 4.69) is 19.2 Å². The van der Waals surface area contributed by atoms with E-state index in [0.717, 1.165) is 19.6 Å². The second-order valence-electron chi connectivity index (χ2n) is 3.86. The lowest BCUT2D eigenvalue weighted by Gasteiger charge is -2.45. The van der Waals surface area contributed by atoms with Crippen LogP contribution in [0.4, 0.5) is 4.79 Å². The molecule has 0 aromatic rings. The van der Waals surface area contributed by atoms with Gasteiger partial charge in [-0.3, -0.25) is 0 Å². The number of likely N-dealkylation sites (tertiary alicyclic amines) is 1. The van der Waals surface area contributed by atoms with E-state index < -0.39 is 0 Å². The van der Waals surface area contributed by atoms with E-state index in [1.807, 2.05) is 11.8 Å². The van der Waals surface area contributed by atoms with Gasteiger partial charge in [-0.1, -0.05) is 13.8 Å². The van der Waals surface area contributed by atoms with Crippen molar-refractivity contribution in [3.63, 3.8) is 0 Å². The van der Waals surface area contributed by atoms with Gasteiger partial charge in [-0.2, -0.15) is 0 Å². The lowest BCUT2D eigenvalue weighted by molar-refractivity contribution is 0.0620. The molecule has 0 aromatic heterocycles. The SMILES string of the molecule is CCNC(=O)N1CC(C)(C)C1. The Kier molecular flexibility index (Phi) is 2.07. The topological polar surface area (TPSA) is 32.3 Å². The number of nitrogens with one attached hydrogen (secondary N) is 1. The number of hydrogen-bond acceptors (Lipinski definition) is 1. The second-order valence-corrected chi connectivity index (χ2v) is 3.86. The van der Waals surface area contributed by atoms with Crippen LogP contribution in [0, 0.1) is 5.41 Å². The fourth-order valence-corrected chi connectivity index (χ4v) is 1.39. The zero-order chi connectivity index (χ0) is 8.48. The van der Waals surface area contributed by atoms with E-state index in [-0.39, 0.29) is 6.03 Å². The first-order chi connectivity index (χ1) is 5.05. The van der Waals surface area contributed by atoms with E-state index in [1.165, 1.54) is 0 Å². The number of nitrogens with zero attached hydrogens (tertiary/aromatic N) is 1. The van der Waals surface area contributed by atoms with Gasteiger partial charge in [0.25, 0.3) is 0 Å². The van der Waals surface area contributed by atoms with Gasteiger partial charge in [-0.05, 0) is 6.92 Å². The van der Waals surface area contributed by atoms with E-state index in [9.17, 15) is 4.79 Å². The van der Waals surface area contributed by atoms with Gasteiger partial charge in [0.15, 0.2) is 0 Å². The van der Waals surface area contributed by atoms with Gasteiger partial charge in [0.05, 0.1) is 0 Å². The molecule has 1 saturated heterocycles. The first-order valence-corrected chi connectivity index (χ1v) is 4.08. The molecule has 0 saturated carbocycles. The van der Waals surface area contributed by atoms with Crippen molar-refractivity contribution >= 4 is 6.03 Å². The predicted octanol–water partition coefficient (Wildman–Crippen LogP) is 1.06. The third kappa shape index (κ3) is 1.85. The second kappa shape index (κ2) is 2.72. The van der Waals surface area contributed by atoms with Crippen LogP contribution in [0.1, 0.15) is 20.8 Å². The molecule has 64 valence electrons. The summed E-state index contributed by atoms with van der Waals surface area (Å²) in [4.78, 5) is 13.0. The molecule has 0 bridgehead atoms. The Balaban J connectivity index is 2.27. The summed E-state index contributed by atoms with van der Waals surface area (Å²) in [5, 5.41) is 2.77. The minimum atomic E-state index is 0.0758. The Bertz CT molecular complexity index is 157. The highest BCUT2D eigenvalue weighted by molar-refractivity contribution is 5.75. The van der Waals surface area contributed by atoms with Crippen molar-refractivity contribution in [1.82, 2.24) is 10.2 Å². The number of amides is 2. The quantitative estimate of drug-likeness (QED) is 0.605. The van der Waals surface area contributed by atoms with E-state index in [0.29, 0.717) is 5.41 Å². The van der Waals surface area contributed by atoms with Crippen LogP contribution in [0.25, 0.3) is 0 Å². The molecule has 3 nitrogen and oxygen atoms in total. The van der Waals surface area contributed by atoms with Gasteiger partial charge in [0.2, 0.25) is 0 Å². The van der Waals surface area contributed by atoms with Crippen molar-refractivity contribution in [3.05, 3.63) is 0 Å². The molecule has 0 radical (unpaired) electrons. The van der Waals surface area contributed by atoms with Crippen LogP contribution in [-0.2, 0) is 0 Å². The first kappa shape index (κ1) is 8.37. The van der Waals surface area contributed by atoms with Crippen molar-refractivity contribution in [2.45, 2.75) is 20.8 Å². The third-order valence-electron chi connectivity index (χ3n) is 1.85. The van der Waals surface area contributed by atoms with Gasteiger partial charge in [0, 0.05) is 25.0 Å². The summed E-state index contributed by atoms with van der Waals surface area (Å²) in [5.41, 5.74) is 0.338. The molecule has 0 spiro atoms. The van der Waals surface area contributed by atoms with E-state index in [1.54, 1.807) is 0 Å². The highest BCUT2D eigenvalue weighted by atomic mass is 16.2. The van der Waals surface area contributed by atoms with Crippen molar-refractivity contribution in [3.8, 4) is 0 Å². The lowest BCUT2D eigenvalue weighted by atomic mass is 9.85. The molecule has 1 heterocycles. The van der Waals surface area contributed by atoms with Crippen LogP contribution in [0.2, 0.25) is 0 Å². The van der Waals surface area contributed by atoms with Crippen molar-refractivity contribution in [2.75, 3.05) is 19.6 Å². The standard InChI is InChI=1S/C8H16N2O/c1-4-9-7(11)10-5-8(2,3)6-10/h4-6H2,1-3H3,(H,9,11). The van der Waals surface area contributed by atoms with Crippen LogP contribution in [0.3, 0.4) is 0 Å². The molecule has 11 heavy (non-hydrogen) atoms. The first-order valence-electron chi connectivity index (χ1n) is 4.08. The van der Waals surface area contributed by atoms with Gasteiger partial charge in [0.1, 0.15) is 0 Å². The summed E-state index contributed by atoms with van der Waals surface area (Å²) in [6.07, 6.45) is 0. The smallest absolute Gasteiger partial charge is 0.317 e. The predicted molar refractivity (Wildman–Crippen MR) is 44.4 cm³/mol. The van der Waals surface area contributed by atoms with Crippen LogP contribution in [0.5, 0.6) is 0 Å². The summed E-state index contributed by atoms with van der Waals surface area (Å²) in [7, 11) is 0. The summed E-state index contributed by atoms with van der Waals surface area (Å²) in [6, 6.07) is 0.0758. The fourth-order valence-electron chi connectivity index (χ4n) is 1.39. The number of urea groups is 1. The summed E-state index contributed by atoms with van der Waals surface area (Å²) in [5.74, 6) is 0. The van der Waals surface area contributed by atoms with Crippen LogP contribution in [-0.4, -0.2) is 30.6 Å². The van der Waals surface area contributed by atoms with Gasteiger partial charge >= 0.3 is 6.03 Å². The lowest BCUT2D eigenvalue weighted by Crippen LogP contribution is -2.58. The highest BCUT2D eigenvalue weighted by Gasteiger charge is 2.36. The average Bonchev–Trinajstić information content (AvgIpc) is 1.83. The third-order valence-corrected chi connectivity index (χ3v) is 1.85. The Hall–Kier alpha value is -0.730. The summed E-state index contributed by atoms with van der Waals surface area (Å²) >= 11 is 0. The normalized spacial score (nSPS) is 20.8. The molecule has 1 N–H and O–H groups in total. The molecule has 3 heteroatoms. The maximum absolute atomic E-state index is 11.1. The molecule has 0 aromatic carbocycles. The molecular weight excluding hydrogens is 140 g/mol. The Morgan fingerprint density at radius 2 is 2.09 bits per heavy atom. The number of hydrogen-bond donors (Lipinski definition) is 1. The monoisotopic (exact) mass is 156 g/mol. The van der Waals surface area contributed by atoms with Crippen molar-refractivity contribution < 1.29 is 4.79 Å². The molecular formula is C8H16N2O. The molecule has 1 aliphatic rings. The minimum Gasteiger partial charge on any atom is -0.338 e. The highest BCUT2D eigenvalue weighted by Crippen LogP contribution is 2.28. The van der Waals surface area contributed by atoms with E-state index >= 15 is 0 Å². The van der Waals surface area contributed by atoms with Gasteiger partial charge in [-0.25, -0.2) is 4.79 Å². The van der Waals surface area contributed by atoms with Crippen LogP contribution >= 0.6 is 0 Å². The van der Waals surface area contributed by atoms with E-state index in [4.69, 9.17) is 0 Å². The Morgan fingerprint density at radius 3 is 2.45 bits per heavy atom. The largest absolute Gasteiger partial charge is 0.338 e.